The Morgan fingerprint density at radius 3 is 2.44 bits per heavy atom. The largest absolute Gasteiger partial charge is 0.237 e. The maximum atomic E-state index is 6.12. The van der Waals surface area contributed by atoms with Gasteiger partial charge >= 0.3 is 0 Å². The summed E-state index contributed by atoms with van der Waals surface area (Å²) < 4.78 is 0. The molecule has 100 valence electrons. The molecule has 0 radical (unpaired) electrons. The van der Waals surface area contributed by atoms with Crippen LogP contribution in [0.4, 0.5) is 0 Å². The summed E-state index contributed by atoms with van der Waals surface area (Å²) in [7, 11) is 0. The predicted octanol–water partition coefficient (Wildman–Crippen LogP) is 4.94. The third-order valence-corrected chi connectivity index (χ3v) is 4.31. The Bertz CT molecular complexity index is 395. The second-order valence-electron chi connectivity index (χ2n) is 5.75. The van der Waals surface area contributed by atoms with Gasteiger partial charge in [0.15, 0.2) is 0 Å². The standard InChI is InChI=1S/C15H23ClN2/c1-4-11-5-7-12(8-6-11)15-17-13(10(2)3)9-14(16)18-15/h9-12H,4-8H2,1-3H3. The third kappa shape index (κ3) is 3.23. The minimum Gasteiger partial charge on any atom is -0.237 e. The molecule has 0 spiro atoms. The minimum absolute atomic E-state index is 0.413. The molecule has 1 aromatic heterocycles. The Labute approximate surface area is 115 Å². The molecule has 0 aromatic carbocycles. The molecule has 18 heavy (non-hydrogen) atoms. The second kappa shape index (κ2) is 6.01. The first-order valence-electron chi connectivity index (χ1n) is 7.14. The predicted molar refractivity (Wildman–Crippen MR) is 76.1 cm³/mol. The van der Waals surface area contributed by atoms with Crippen molar-refractivity contribution in [2.75, 3.05) is 0 Å². The summed E-state index contributed by atoms with van der Waals surface area (Å²) in [5.41, 5.74) is 1.07. The number of hydrogen-bond donors (Lipinski definition) is 0. The molecule has 1 saturated carbocycles. The van der Waals surface area contributed by atoms with E-state index in [9.17, 15) is 0 Å². The van der Waals surface area contributed by atoms with Crippen LogP contribution in [-0.4, -0.2) is 9.97 Å². The highest BCUT2D eigenvalue weighted by Gasteiger charge is 2.24. The second-order valence-corrected chi connectivity index (χ2v) is 6.14. The molecule has 0 saturated heterocycles. The van der Waals surface area contributed by atoms with Gasteiger partial charge in [0.05, 0.1) is 0 Å². The summed E-state index contributed by atoms with van der Waals surface area (Å²) in [6.07, 6.45) is 6.37. The van der Waals surface area contributed by atoms with Gasteiger partial charge in [-0.3, -0.25) is 0 Å². The number of nitrogens with zero attached hydrogens (tertiary/aromatic N) is 2. The van der Waals surface area contributed by atoms with Crippen molar-refractivity contribution in [3.8, 4) is 0 Å². The Morgan fingerprint density at radius 1 is 1.22 bits per heavy atom. The van der Waals surface area contributed by atoms with E-state index in [1.807, 2.05) is 6.07 Å². The van der Waals surface area contributed by atoms with E-state index in [0.29, 0.717) is 17.0 Å². The highest BCUT2D eigenvalue weighted by Crippen LogP contribution is 2.36. The molecule has 0 bridgehead atoms. The summed E-state index contributed by atoms with van der Waals surface area (Å²) in [5.74, 6) is 2.81. The van der Waals surface area contributed by atoms with Gasteiger partial charge in [0.1, 0.15) is 11.0 Å². The van der Waals surface area contributed by atoms with Gasteiger partial charge in [-0.25, -0.2) is 9.97 Å². The van der Waals surface area contributed by atoms with Gasteiger partial charge in [-0.2, -0.15) is 0 Å². The Hall–Kier alpha value is -0.630. The van der Waals surface area contributed by atoms with E-state index >= 15 is 0 Å². The number of aromatic nitrogens is 2. The molecule has 0 N–H and O–H groups in total. The van der Waals surface area contributed by atoms with Crippen molar-refractivity contribution in [3.05, 3.63) is 22.7 Å². The molecule has 1 heterocycles. The highest BCUT2D eigenvalue weighted by atomic mass is 35.5. The fourth-order valence-corrected chi connectivity index (χ4v) is 2.96. The van der Waals surface area contributed by atoms with E-state index < -0.39 is 0 Å². The van der Waals surface area contributed by atoms with E-state index in [0.717, 1.165) is 17.4 Å². The fraction of sp³-hybridized carbons (Fsp3) is 0.733. The normalized spacial score (nSPS) is 24.5. The molecule has 1 fully saturated rings. The summed E-state index contributed by atoms with van der Waals surface area (Å²) in [6.45, 7) is 6.59. The van der Waals surface area contributed by atoms with Gasteiger partial charge in [0.25, 0.3) is 0 Å². The number of halogens is 1. The van der Waals surface area contributed by atoms with Crippen molar-refractivity contribution in [3.63, 3.8) is 0 Å². The van der Waals surface area contributed by atoms with Crippen LogP contribution in [0.15, 0.2) is 6.07 Å². The van der Waals surface area contributed by atoms with Crippen LogP contribution in [0.1, 0.15) is 76.2 Å². The average Bonchev–Trinajstić information content (AvgIpc) is 2.38. The summed E-state index contributed by atoms with van der Waals surface area (Å²) in [5, 5.41) is 0.598. The van der Waals surface area contributed by atoms with Crippen LogP contribution >= 0.6 is 11.6 Å². The van der Waals surface area contributed by atoms with Crippen molar-refractivity contribution in [1.82, 2.24) is 9.97 Å². The average molecular weight is 267 g/mol. The zero-order valence-electron chi connectivity index (χ0n) is 11.6. The van der Waals surface area contributed by atoms with Crippen LogP contribution in [0.5, 0.6) is 0 Å². The molecule has 3 heteroatoms. The topological polar surface area (TPSA) is 25.8 Å². The van der Waals surface area contributed by atoms with Gasteiger partial charge in [-0.05, 0) is 43.6 Å². The van der Waals surface area contributed by atoms with E-state index in [1.165, 1.54) is 32.1 Å². The highest BCUT2D eigenvalue weighted by molar-refractivity contribution is 6.29. The third-order valence-electron chi connectivity index (χ3n) is 4.11. The molecule has 1 aliphatic rings. The zero-order chi connectivity index (χ0) is 13.1. The molecule has 2 nitrogen and oxygen atoms in total. The van der Waals surface area contributed by atoms with E-state index in [4.69, 9.17) is 16.6 Å². The van der Waals surface area contributed by atoms with Crippen LogP contribution in [0, 0.1) is 5.92 Å². The first kappa shape index (κ1) is 13.8. The number of rotatable bonds is 3. The first-order chi connectivity index (χ1) is 8.60. The molecule has 1 aromatic rings. The monoisotopic (exact) mass is 266 g/mol. The van der Waals surface area contributed by atoms with Crippen LogP contribution in [0.2, 0.25) is 5.15 Å². The van der Waals surface area contributed by atoms with Crippen LogP contribution in [0.25, 0.3) is 0 Å². The molecule has 0 unspecified atom stereocenters. The van der Waals surface area contributed by atoms with Crippen molar-refractivity contribution in [2.24, 2.45) is 5.92 Å². The maximum Gasteiger partial charge on any atom is 0.133 e. The lowest BCUT2D eigenvalue weighted by atomic mass is 9.80. The molecular formula is C15H23ClN2. The quantitative estimate of drug-likeness (QED) is 0.725. The van der Waals surface area contributed by atoms with Gasteiger partial charge < -0.3 is 0 Å². The van der Waals surface area contributed by atoms with Gasteiger partial charge in [0.2, 0.25) is 0 Å². The molecular weight excluding hydrogens is 244 g/mol. The molecule has 2 rings (SSSR count). The lowest BCUT2D eigenvalue weighted by molar-refractivity contribution is 0.311. The van der Waals surface area contributed by atoms with Crippen LogP contribution in [-0.2, 0) is 0 Å². The maximum absolute atomic E-state index is 6.12. The summed E-state index contributed by atoms with van der Waals surface area (Å²) >= 11 is 6.12. The zero-order valence-corrected chi connectivity index (χ0v) is 12.4. The van der Waals surface area contributed by atoms with Gasteiger partial charge in [-0.1, -0.05) is 38.8 Å². The van der Waals surface area contributed by atoms with Crippen molar-refractivity contribution < 1.29 is 0 Å². The summed E-state index contributed by atoms with van der Waals surface area (Å²) in [6, 6.07) is 1.90. The number of hydrogen-bond acceptors (Lipinski definition) is 2. The Balaban J connectivity index is 2.13. The molecule has 0 aliphatic heterocycles. The van der Waals surface area contributed by atoms with E-state index in [1.54, 1.807) is 0 Å². The van der Waals surface area contributed by atoms with Gasteiger partial charge in [-0.15, -0.1) is 0 Å². The lowest BCUT2D eigenvalue weighted by Gasteiger charge is -2.27. The molecule has 1 aliphatic carbocycles. The van der Waals surface area contributed by atoms with Crippen LogP contribution < -0.4 is 0 Å². The smallest absolute Gasteiger partial charge is 0.133 e. The van der Waals surface area contributed by atoms with Crippen molar-refractivity contribution in [1.29, 1.82) is 0 Å². The summed E-state index contributed by atoms with van der Waals surface area (Å²) in [4.78, 5) is 9.16. The molecule has 0 atom stereocenters. The van der Waals surface area contributed by atoms with E-state index in [-0.39, 0.29) is 0 Å². The lowest BCUT2D eigenvalue weighted by Crippen LogP contribution is -2.15. The first-order valence-corrected chi connectivity index (χ1v) is 7.52. The van der Waals surface area contributed by atoms with Crippen molar-refractivity contribution >= 4 is 11.6 Å². The SMILES string of the molecule is CCC1CCC(c2nc(Cl)cc(C(C)C)n2)CC1. The van der Waals surface area contributed by atoms with Gasteiger partial charge in [0, 0.05) is 11.6 Å². The Morgan fingerprint density at radius 2 is 1.89 bits per heavy atom. The van der Waals surface area contributed by atoms with E-state index in [2.05, 4.69) is 25.8 Å². The van der Waals surface area contributed by atoms with Crippen LogP contribution in [0.3, 0.4) is 0 Å². The fourth-order valence-electron chi connectivity index (χ4n) is 2.76. The Kier molecular flexibility index (Phi) is 4.60. The van der Waals surface area contributed by atoms with Crippen molar-refractivity contribution in [2.45, 2.75) is 64.7 Å². The minimum atomic E-state index is 0.413. The molecule has 0 amide bonds.